The number of hydrogen-bond donors (Lipinski definition) is 2. The number of carboxylic acids is 1. The van der Waals surface area contributed by atoms with Crippen molar-refractivity contribution in [3.05, 3.63) is 0 Å². The third kappa shape index (κ3) is 24.8. The Morgan fingerprint density at radius 1 is 0.528 bits per heavy atom. The number of piperidine rings is 1. The molecular formula is C24H47NO11. The summed E-state index contributed by atoms with van der Waals surface area (Å²) in [5.74, 6) is -0.869. The van der Waals surface area contributed by atoms with Crippen molar-refractivity contribution < 1.29 is 52.5 Å². The van der Waals surface area contributed by atoms with E-state index < -0.39 is 5.97 Å². The molecule has 0 aliphatic carbocycles. The highest BCUT2D eigenvalue weighted by atomic mass is 16.6. The quantitative estimate of drug-likeness (QED) is 0.137. The van der Waals surface area contributed by atoms with E-state index in [1.54, 1.807) is 0 Å². The second-order valence-electron chi connectivity index (χ2n) is 7.86. The zero-order chi connectivity index (χ0) is 25.8. The Bertz CT molecular complexity index is 467. The maximum atomic E-state index is 10.3. The number of ether oxygens (including phenoxy) is 9. The van der Waals surface area contributed by atoms with Gasteiger partial charge in [0.25, 0.3) is 0 Å². The monoisotopic (exact) mass is 525 g/mol. The van der Waals surface area contributed by atoms with E-state index in [1.165, 1.54) is 0 Å². The Kier molecular flexibility index (Phi) is 24.9. The van der Waals surface area contributed by atoms with Gasteiger partial charge in [-0.25, -0.2) is 0 Å². The van der Waals surface area contributed by atoms with E-state index in [9.17, 15) is 4.79 Å². The van der Waals surface area contributed by atoms with E-state index in [-0.39, 0.29) is 13.0 Å². The molecule has 0 atom stereocenters. The summed E-state index contributed by atoms with van der Waals surface area (Å²) in [5, 5.41) is 11.8. The Labute approximate surface area is 215 Å². The van der Waals surface area contributed by atoms with Crippen LogP contribution in [-0.2, 0) is 47.4 Å². The molecule has 214 valence electrons. The van der Waals surface area contributed by atoms with Gasteiger partial charge in [0, 0.05) is 0 Å². The molecule has 1 fully saturated rings. The number of nitrogens with one attached hydrogen (secondary N) is 1. The van der Waals surface area contributed by atoms with Gasteiger partial charge in [-0.3, -0.25) is 4.79 Å². The molecule has 36 heavy (non-hydrogen) atoms. The van der Waals surface area contributed by atoms with Crippen molar-refractivity contribution in [2.75, 3.05) is 125 Å². The van der Waals surface area contributed by atoms with Gasteiger partial charge in [0.2, 0.25) is 0 Å². The van der Waals surface area contributed by atoms with Crippen LogP contribution in [0.4, 0.5) is 0 Å². The van der Waals surface area contributed by atoms with Gasteiger partial charge in [-0.2, -0.15) is 0 Å². The van der Waals surface area contributed by atoms with Crippen molar-refractivity contribution in [1.82, 2.24) is 5.32 Å². The minimum atomic E-state index is -0.869. The van der Waals surface area contributed by atoms with E-state index in [1.807, 2.05) is 0 Å². The fraction of sp³-hybridized carbons (Fsp3) is 0.958. The molecule has 0 spiro atoms. The molecule has 0 unspecified atom stereocenters. The minimum absolute atomic E-state index is 0.00422. The lowest BCUT2D eigenvalue weighted by Gasteiger charge is -2.22. The third-order valence-electron chi connectivity index (χ3n) is 4.93. The van der Waals surface area contributed by atoms with Crippen LogP contribution in [0.1, 0.15) is 19.3 Å². The normalized spacial score (nSPS) is 14.4. The Morgan fingerprint density at radius 2 is 0.833 bits per heavy atom. The standard InChI is InChI=1S/C24H47NO11/c26-24(27)3-6-28-7-8-29-9-10-30-11-12-31-13-14-32-15-16-33-17-18-34-19-20-35-21-22-36-23-1-4-25-5-2-23/h23,25H,1-22H2,(H,26,27). The van der Waals surface area contributed by atoms with Crippen molar-refractivity contribution in [3.63, 3.8) is 0 Å². The lowest BCUT2D eigenvalue weighted by molar-refractivity contribution is -0.138. The number of hydrogen-bond acceptors (Lipinski definition) is 11. The highest BCUT2D eigenvalue weighted by Gasteiger charge is 2.12. The fourth-order valence-corrected chi connectivity index (χ4v) is 3.04. The molecule has 0 amide bonds. The zero-order valence-electron chi connectivity index (χ0n) is 21.7. The molecule has 1 aliphatic rings. The molecule has 0 bridgehead atoms. The average Bonchev–Trinajstić information content (AvgIpc) is 2.88. The van der Waals surface area contributed by atoms with E-state index in [4.69, 9.17) is 47.7 Å². The molecule has 12 nitrogen and oxygen atoms in total. The molecule has 1 aliphatic heterocycles. The SMILES string of the molecule is O=C(O)CCOCCOCCOCCOCCOCCOCCOCCOCCOC1CCNCC1. The van der Waals surface area contributed by atoms with Crippen LogP contribution in [0, 0.1) is 0 Å². The van der Waals surface area contributed by atoms with E-state index in [0.717, 1.165) is 25.9 Å². The molecule has 1 saturated heterocycles. The first-order chi connectivity index (χ1) is 17.8. The van der Waals surface area contributed by atoms with Gasteiger partial charge in [-0.15, -0.1) is 0 Å². The molecule has 0 radical (unpaired) electrons. The van der Waals surface area contributed by atoms with Crippen LogP contribution in [0.25, 0.3) is 0 Å². The third-order valence-corrected chi connectivity index (χ3v) is 4.93. The highest BCUT2D eigenvalue weighted by molar-refractivity contribution is 5.66. The van der Waals surface area contributed by atoms with Crippen LogP contribution in [-0.4, -0.2) is 143 Å². The van der Waals surface area contributed by atoms with Crippen molar-refractivity contribution in [2.45, 2.75) is 25.4 Å². The molecule has 0 aromatic rings. The first-order valence-corrected chi connectivity index (χ1v) is 12.9. The summed E-state index contributed by atoms with van der Waals surface area (Å²) >= 11 is 0. The van der Waals surface area contributed by atoms with Crippen LogP contribution in [0.2, 0.25) is 0 Å². The van der Waals surface area contributed by atoms with Crippen LogP contribution in [0.5, 0.6) is 0 Å². The number of carboxylic acid groups (broad SMARTS) is 1. The number of aliphatic carboxylic acids is 1. The van der Waals surface area contributed by atoms with Gasteiger partial charge < -0.3 is 53.1 Å². The summed E-state index contributed by atoms with van der Waals surface area (Å²) in [6.07, 6.45) is 2.53. The highest BCUT2D eigenvalue weighted by Crippen LogP contribution is 2.06. The van der Waals surface area contributed by atoms with Gasteiger partial charge in [0.05, 0.1) is 125 Å². The molecule has 0 aromatic heterocycles. The Hall–Kier alpha value is -0.930. The first-order valence-electron chi connectivity index (χ1n) is 12.9. The predicted molar refractivity (Wildman–Crippen MR) is 131 cm³/mol. The topological polar surface area (TPSA) is 132 Å². The zero-order valence-corrected chi connectivity index (χ0v) is 21.7. The molecule has 1 rings (SSSR count). The summed E-state index contributed by atoms with van der Waals surface area (Å²) in [7, 11) is 0. The second kappa shape index (κ2) is 27.1. The fourth-order valence-electron chi connectivity index (χ4n) is 3.04. The summed E-state index contributed by atoms with van der Waals surface area (Å²) in [6.45, 7) is 10.4. The maximum Gasteiger partial charge on any atom is 0.305 e. The molecule has 0 saturated carbocycles. The lowest BCUT2D eigenvalue weighted by Crippen LogP contribution is -2.33. The minimum Gasteiger partial charge on any atom is -0.481 e. The Balaban J connectivity index is 1.62. The van der Waals surface area contributed by atoms with Crippen molar-refractivity contribution in [2.24, 2.45) is 0 Å². The average molecular weight is 526 g/mol. The molecule has 0 aromatic carbocycles. The van der Waals surface area contributed by atoms with Crippen LogP contribution < -0.4 is 5.32 Å². The smallest absolute Gasteiger partial charge is 0.305 e. The first kappa shape index (κ1) is 33.1. The second-order valence-corrected chi connectivity index (χ2v) is 7.86. The van der Waals surface area contributed by atoms with Crippen LogP contribution in [0.15, 0.2) is 0 Å². The summed E-state index contributed by atoms with van der Waals surface area (Å²) in [5.41, 5.74) is 0. The largest absolute Gasteiger partial charge is 0.481 e. The van der Waals surface area contributed by atoms with Gasteiger partial charge >= 0.3 is 5.97 Å². The summed E-state index contributed by atoms with van der Waals surface area (Å²) < 4.78 is 48.9. The summed E-state index contributed by atoms with van der Waals surface area (Å²) in [6, 6.07) is 0. The van der Waals surface area contributed by atoms with E-state index in [2.05, 4.69) is 5.32 Å². The lowest BCUT2D eigenvalue weighted by atomic mass is 10.1. The molecule has 1 heterocycles. The van der Waals surface area contributed by atoms with E-state index in [0.29, 0.717) is 112 Å². The van der Waals surface area contributed by atoms with Gasteiger partial charge in [0.1, 0.15) is 0 Å². The van der Waals surface area contributed by atoms with E-state index >= 15 is 0 Å². The Morgan fingerprint density at radius 3 is 1.17 bits per heavy atom. The molecular weight excluding hydrogens is 478 g/mol. The summed E-state index contributed by atoms with van der Waals surface area (Å²) in [4.78, 5) is 10.3. The van der Waals surface area contributed by atoms with Crippen molar-refractivity contribution in [3.8, 4) is 0 Å². The van der Waals surface area contributed by atoms with Crippen LogP contribution in [0.3, 0.4) is 0 Å². The van der Waals surface area contributed by atoms with Crippen molar-refractivity contribution >= 4 is 5.97 Å². The van der Waals surface area contributed by atoms with Gasteiger partial charge in [-0.05, 0) is 25.9 Å². The van der Waals surface area contributed by atoms with Gasteiger partial charge in [0.15, 0.2) is 0 Å². The molecule has 2 N–H and O–H groups in total. The predicted octanol–water partition coefficient (Wildman–Crippen LogP) is 0.363. The number of carbonyl (C=O) groups is 1. The molecule has 12 heteroatoms. The van der Waals surface area contributed by atoms with Crippen LogP contribution >= 0.6 is 0 Å². The van der Waals surface area contributed by atoms with Crippen molar-refractivity contribution in [1.29, 1.82) is 0 Å². The maximum absolute atomic E-state index is 10.3. The number of rotatable bonds is 28. The van der Waals surface area contributed by atoms with Gasteiger partial charge in [-0.1, -0.05) is 0 Å².